The van der Waals surface area contributed by atoms with Gasteiger partial charge in [0, 0.05) is 66.7 Å². The highest BCUT2D eigenvalue weighted by atomic mass is 32.2. The number of carbonyl (C=O) groups excluding carboxylic acids is 3. The first-order chi connectivity index (χ1) is 44.1. The molecule has 5 heterocycles. The van der Waals surface area contributed by atoms with Crippen LogP contribution < -0.4 is 26.5 Å². The molecule has 94 heavy (non-hydrogen) atoms. The van der Waals surface area contributed by atoms with E-state index in [1.807, 2.05) is 48.5 Å². The summed E-state index contributed by atoms with van der Waals surface area (Å²) in [6.07, 6.45) is 9.94. The summed E-state index contributed by atoms with van der Waals surface area (Å²) in [6, 6.07) is 27.6. The van der Waals surface area contributed by atoms with Crippen molar-refractivity contribution in [3.05, 3.63) is 167 Å². The number of hydrogen-bond acceptors (Lipinski definition) is 20. The molecule has 0 aliphatic heterocycles. The first-order valence-electron chi connectivity index (χ1n) is 30.6. The average molecular weight is 1340 g/mol. The minimum Gasteiger partial charge on any atom is -0.478 e. The lowest BCUT2D eigenvalue weighted by molar-refractivity contribution is 0.0481. The Labute approximate surface area is 549 Å². The molecular formula is C66H86FN11O14S2. The van der Waals surface area contributed by atoms with Gasteiger partial charge in [0.2, 0.25) is 11.8 Å². The number of fused-ring (bicyclic) bond motifs is 1. The normalized spacial score (nSPS) is 16.4. The van der Waals surface area contributed by atoms with E-state index in [9.17, 15) is 36.0 Å². The molecule has 0 atom stereocenters. The largest absolute Gasteiger partial charge is 0.478 e. The van der Waals surface area contributed by atoms with Gasteiger partial charge in [0.1, 0.15) is 40.8 Å². The molecule has 0 spiro atoms. The number of carboxylic acid groups (broad SMARTS) is 1. The van der Waals surface area contributed by atoms with Gasteiger partial charge in [-0.3, -0.25) is 19.5 Å². The first kappa shape index (κ1) is 73.9. The lowest BCUT2D eigenvalue weighted by Crippen LogP contribution is -2.42. The van der Waals surface area contributed by atoms with Gasteiger partial charge in [-0.25, -0.2) is 41.2 Å². The molecule has 3 amide bonds. The first-order valence-corrected chi connectivity index (χ1v) is 33.3. The van der Waals surface area contributed by atoms with Gasteiger partial charge in [-0.1, -0.05) is 36.5 Å². The number of ether oxygens (including phenoxy) is 2. The zero-order valence-corrected chi connectivity index (χ0v) is 54.9. The van der Waals surface area contributed by atoms with Crippen molar-refractivity contribution in [3.8, 4) is 22.9 Å². The molecule has 0 saturated heterocycles. The van der Waals surface area contributed by atoms with Crippen molar-refractivity contribution in [1.82, 2.24) is 51.0 Å². The molecule has 2 fully saturated rings. The lowest BCUT2D eigenvalue weighted by Gasteiger charge is -2.29. The molecule has 0 radical (unpaired) electrons. The van der Waals surface area contributed by atoms with E-state index in [2.05, 4.69) is 46.2 Å². The number of aryl methyl sites for hydroxylation is 2. The Hall–Kier alpha value is -9.15. The predicted molar refractivity (Wildman–Crippen MR) is 353 cm³/mol. The standard InChI is InChI=1S/C29H36N4O6S.C23H30N2O7S.C7H7N3O.C6H8N2.CH4.FH/c1-19-25(18-40(36,37)24-13-11-23(12-14-24)32-28(35)39-29(2,3)4)33-27(38-19)22-9-7-21(8-10-22)26(34)31-17-20-6-5-15-30-16-20;1-14-19(25-20(31-14)15-5-7-16(8-6-15)21(26)27)13-33(29,30)18-11-9-17(10-12-18)24-22(28)32-23(2,3)4;1-11-10-7-5-3-2-4-6(7)8-9-10;7-4-6-2-1-3-8-5-6;;/h5-10,15-16,23-24H,11-14,17-18H2,1-4H3,(H,31,34)(H,32,35);5-8,17-18H,9-13H2,1-4H3,(H,24,28)(H,26,27);2-5H,1H3;1-3,5H,4,7H2;1H4;1H/i;;1D;;;. The number of nitrogens with one attached hydrogen (secondary N) is 3. The van der Waals surface area contributed by atoms with Crippen LogP contribution in [0.3, 0.4) is 0 Å². The molecule has 8 aromatic rings. The zero-order chi connectivity index (χ0) is 67.5. The summed E-state index contributed by atoms with van der Waals surface area (Å²) in [4.78, 5) is 70.4. The number of alkyl carbamates (subject to hydrolysis) is 2. The predicted octanol–water partition coefficient (Wildman–Crippen LogP) is 10.6. The molecule has 2 saturated carbocycles. The van der Waals surface area contributed by atoms with E-state index in [1.54, 1.807) is 117 Å². The summed E-state index contributed by atoms with van der Waals surface area (Å²) < 4.78 is 81.3. The van der Waals surface area contributed by atoms with Crippen LogP contribution in [0, 0.1) is 13.8 Å². The van der Waals surface area contributed by atoms with Crippen molar-refractivity contribution >= 4 is 54.8 Å². The van der Waals surface area contributed by atoms with Gasteiger partial charge in [-0.2, -0.15) is 0 Å². The maximum Gasteiger partial charge on any atom is 0.407 e. The van der Waals surface area contributed by atoms with Gasteiger partial charge in [-0.05, 0) is 196 Å². The highest BCUT2D eigenvalue weighted by molar-refractivity contribution is 7.91. The van der Waals surface area contributed by atoms with E-state index in [4.69, 9.17) is 35.4 Å². The van der Waals surface area contributed by atoms with Crippen molar-refractivity contribution < 1.29 is 70.3 Å². The number of carboxylic acids is 1. The van der Waals surface area contributed by atoms with Gasteiger partial charge in [-0.15, -0.1) is 5.10 Å². The SMILES string of the molecule is C.Cc1oc(-c2ccc(C(=O)NCc3cccnc3)cc2)nc1CS(=O)(=O)C1CCC(NC(=O)OC(C)(C)C)CC1.Cc1oc(-c2ccc(C(=O)O)cc2)nc1CS(=O)(=O)C1CCC(NC(=O)OC(C)(C)C)CC1.F.NCc1cccnc1.[2H]COn1nnc2ccccc21. The van der Waals surface area contributed by atoms with E-state index < -0.39 is 59.5 Å². The Morgan fingerprint density at radius 1 is 0.649 bits per heavy atom. The quantitative estimate of drug-likeness (QED) is 0.0600. The second-order valence-corrected chi connectivity index (χ2v) is 28.6. The van der Waals surface area contributed by atoms with Crippen molar-refractivity contribution in [2.45, 2.75) is 173 Å². The molecule has 25 nitrogen and oxygen atoms in total. The van der Waals surface area contributed by atoms with Gasteiger partial charge >= 0.3 is 18.2 Å². The Balaban J connectivity index is 0.000000263. The van der Waals surface area contributed by atoms with Crippen LogP contribution in [0.5, 0.6) is 0 Å². The molecule has 508 valence electrons. The third-order valence-corrected chi connectivity index (χ3v) is 18.9. The number of nitrogens with zero attached hydrogens (tertiary/aromatic N) is 7. The van der Waals surface area contributed by atoms with Crippen LogP contribution in [0.4, 0.5) is 14.3 Å². The van der Waals surface area contributed by atoms with E-state index in [0.717, 1.165) is 22.2 Å². The minimum atomic E-state index is -3.48. The number of rotatable bonds is 16. The number of sulfone groups is 2. The van der Waals surface area contributed by atoms with E-state index in [-0.39, 0.29) is 60.2 Å². The van der Waals surface area contributed by atoms with Crippen LogP contribution in [0.25, 0.3) is 33.9 Å². The Bertz CT molecular complexity index is 3980. The Morgan fingerprint density at radius 2 is 1.10 bits per heavy atom. The number of nitrogens with two attached hydrogens (primary N) is 1. The molecule has 0 unspecified atom stereocenters. The molecule has 2 aliphatic carbocycles. The molecule has 28 heteroatoms. The number of pyridine rings is 2. The Kier molecular flexibility index (Phi) is 26.8. The second kappa shape index (κ2) is 34.1. The highest BCUT2D eigenvalue weighted by Gasteiger charge is 2.35. The molecule has 3 aromatic carbocycles. The van der Waals surface area contributed by atoms with Crippen LogP contribution in [-0.4, -0.2) is 122 Å². The fraction of sp³-hybridized carbons (Fsp3) is 0.424. The van der Waals surface area contributed by atoms with Gasteiger partial charge in [0.05, 0.1) is 40.3 Å². The maximum absolute atomic E-state index is 13.2. The number of benzene rings is 3. The summed E-state index contributed by atoms with van der Waals surface area (Å²) in [7, 11) is -7.11. The fourth-order valence-corrected chi connectivity index (χ4v) is 13.6. The molecule has 6 N–H and O–H groups in total. The second-order valence-electron chi connectivity index (χ2n) is 24.0. The molecular weight excluding hydrogens is 1250 g/mol. The number of aromatic nitrogens is 7. The van der Waals surface area contributed by atoms with Crippen LogP contribution >= 0.6 is 0 Å². The third kappa shape index (κ3) is 22.9. The monoisotopic (exact) mass is 1340 g/mol. The van der Waals surface area contributed by atoms with Crippen molar-refractivity contribution in [3.63, 3.8) is 0 Å². The molecule has 5 aromatic heterocycles. The van der Waals surface area contributed by atoms with E-state index in [0.29, 0.717) is 110 Å². The molecule has 0 bridgehead atoms. The van der Waals surface area contributed by atoms with E-state index in [1.165, 1.54) is 17.0 Å². The topological polar surface area (TPSA) is 355 Å². The van der Waals surface area contributed by atoms with Gasteiger partial charge in [0.25, 0.3) is 5.91 Å². The summed E-state index contributed by atoms with van der Waals surface area (Å²) in [5, 5.41) is 24.1. The number of hydrogen-bond donors (Lipinski definition) is 5. The number of oxazole rings is 2. The number of aromatic carboxylic acids is 1. The number of halogens is 1. The lowest BCUT2D eigenvalue weighted by atomic mass is 9.95. The molecule has 2 aliphatic rings. The van der Waals surface area contributed by atoms with Gasteiger partial charge < -0.3 is 49.9 Å². The maximum atomic E-state index is 13.2. The van der Waals surface area contributed by atoms with Crippen LogP contribution in [0.1, 0.15) is 156 Å². The van der Waals surface area contributed by atoms with Crippen LogP contribution in [-0.2, 0) is 53.7 Å². The van der Waals surface area contributed by atoms with E-state index >= 15 is 0 Å². The summed E-state index contributed by atoms with van der Waals surface area (Å²) in [6.45, 7) is 15.1. The zero-order valence-electron chi connectivity index (χ0n) is 54.2. The summed E-state index contributed by atoms with van der Waals surface area (Å²) in [5.74, 6) is -0.297. The van der Waals surface area contributed by atoms with Crippen molar-refractivity contribution in [2.75, 3.05) is 7.09 Å². The van der Waals surface area contributed by atoms with Gasteiger partial charge in [0.15, 0.2) is 19.7 Å². The summed E-state index contributed by atoms with van der Waals surface area (Å²) >= 11 is 0. The van der Waals surface area contributed by atoms with Crippen molar-refractivity contribution in [2.24, 2.45) is 5.73 Å². The number of carbonyl (C=O) groups is 4. The fourth-order valence-electron chi connectivity index (χ4n) is 9.84. The Morgan fingerprint density at radius 3 is 1.50 bits per heavy atom. The van der Waals surface area contributed by atoms with Crippen LogP contribution in [0.15, 0.2) is 131 Å². The summed E-state index contributed by atoms with van der Waals surface area (Å²) in [5.41, 5.74) is 10.2. The van der Waals surface area contributed by atoms with Crippen LogP contribution in [0.2, 0.25) is 0 Å². The molecule has 10 rings (SSSR count). The highest BCUT2D eigenvalue weighted by Crippen LogP contribution is 2.32. The minimum absolute atomic E-state index is 0. The smallest absolute Gasteiger partial charge is 0.407 e. The average Bonchev–Trinajstić information content (AvgIpc) is 1.75. The number of para-hydroxylation sites is 1. The van der Waals surface area contributed by atoms with Crippen molar-refractivity contribution in [1.29, 1.82) is 0 Å². The number of amides is 3. The third-order valence-electron chi connectivity index (χ3n) is 14.6.